The number of Topliss-reactive ketones (excluding diaryl/α,β-unsaturated/α-hetero) is 1. The number of rotatable bonds is 4. The summed E-state index contributed by atoms with van der Waals surface area (Å²) in [7, 11) is 1.74. The first-order chi connectivity index (χ1) is 9.10. The average Bonchev–Trinajstić information content (AvgIpc) is 2.41. The van der Waals surface area contributed by atoms with Crippen molar-refractivity contribution in [2.24, 2.45) is 0 Å². The Hall–Kier alpha value is -1.55. The van der Waals surface area contributed by atoms with Gasteiger partial charge in [0.25, 0.3) is 0 Å². The van der Waals surface area contributed by atoms with Crippen LogP contribution >= 0.6 is 0 Å². The SMILES string of the molecule is COC1CCCC(Oc2ccc(N)c(C(C)=O)c2)C1. The number of nitrogen functional groups attached to an aromatic ring is 1. The Labute approximate surface area is 113 Å². The second kappa shape index (κ2) is 6.06. The van der Waals surface area contributed by atoms with E-state index in [2.05, 4.69) is 0 Å². The van der Waals surface area contributed by atoms with Crippen LogP contribution < -0.4 is 10.5 Å². The minimum Gasteiger partial charge on any atom is -0.490 e. The molecule has 1 aliphatic rings. The Kier molecular flexibility index (Phi) is 4.43. The van der Waals surface area contributed by atoms with Crippen molar-refractivity contribution < 1.29 is 14.3 Å². The largest absolute Gasteiger partial charge is 0.490 e. The van der Waals surface area contributed by atoms with Crippen LogP contribution in [0.1, 0.15) is 43.0 Å². The summed E-state index contributed by atoms with van der Waals surface area (Å²) in [5.74, 6) is 0.669. The summed E-state index contributed by atoms with van der Waals surface area (Å²) in [5.41, 5.74) is 6.79. The molecule has 19 heavy (non-hydrogen) atoms. The van der Waals surface area contributed by atoms with Crippen LogP contribution in [0.2, 0.25) is 0 Å². The third-order valence-corrected chi connectivity index (χ3v) is 3.62. The van der Waals surface area contributed by atoms with Crippen molar-refractivity contribution in [3.63, 3.8) is 0 Å². The van der Waals surface area contributed by atoms with E-state index in [0.29, 0.717) is 17.0 Å². The summed E-state index contributed by atoms with van der Waals surface area (Å²) in [4.78, 5) is 11.5. The van der Waals surface area contributed by atoms with Crippen LogP contribution in [0.4, 0.5) is 5.69 Å². The maximum Gasteiger partial charge on any atom is 0.162 e. The van der Waals surface area contributed by atoms with Gasteiger partial charge in [-0.25, -0.2) is 0 Å². The molecule has 2 rings (SSSR count). The standard InChI is InChI=1S/C15H21NO3/c1-10(17)14-9-13(6-7-15(14)16)19-12-5-3-4-11(8-12)18-2/h6-7,9,11-12H,3-5,8,16H2,1-2H3. The summed E-state index contributed by atoms with van der Waals surface area (Å²) in [5, 5.41) is 0. The number of methoxy groups -OCH3 is 1. The van der Waals surface area contributed by atoms with Gasteiger partial charge in [-0.05, 0) is 44.4 Å². The Morgan fingerprint density at radius 2 is 2.05 bits per heavy atom. The number of nitrogens with two attached hydrogens (primary N) is 1. The fourth-order valence-corrected chi connectivity index (χ4v) is 2.53. The number of anilines is 1. The molecule has 104 valence electrons. The van der Waals surface area contributed by atoms with Gasteiger partial charge in [0.1, 0.15) is 11.9 Å². The molecule has 0 aliphatic heterocycles. The summed E-state index contributed by atoms with van der Waals surface area (Å²) >= 11 is 0. The van der Waals surface area contributed by atoms with E-state index < -0.39 is 0 Å². The minimum absolute atomic E-state index is 0.0404. The molecule has 0 aromatic heterocycles. The molecule has 4 heteroatoms. The van der Waals surface area contributed by atoms with Crippen LogP contribution in [-0.2, 0) is 4.74 Å². The molecule has 1 saturated carbocycles. The van der Waals surface area contributed by atoms with Gasteiger partial charge in [-0.2, -0.15) is 0 Å². The summed E-state index contributed by atoms with van der Waals surface area (Å²) < 4.78 is 11.3. The highest BCUT2D eigenvalue weighted by molar-refractivity contribution is 5.99. The van der Waals surface area contributed by atoms with E-state index in [1.165, 1.54) is 6.92 Å². The third-order valence-electron chi connectivity index (χ3n) is 3.62. The molecule has 0 amide bonds. The van der Waals surface area contributed by atoms with Gasteiger partial charge in [0.05, 0.1) is 6.10 Å². The van der Waals surface area contributed by atoms with Crippen molar-refractivity contribution >= 4 is 11.5 Å². The molecular weight excluding hydrogens is 242 g/mol. The van der Waals surface area contributed by atoms with Crippen molar-refractivity contribution in [1.29, 1.82) is 0 Å². The molecule has 0 saturated heterocycles. The molecule has 0 heterocycles. The number of ketones is 1. The Morgan fingerprint density at radius 1 is 1.32 bits per heavy atom. The van der Waals surface area contributed by atoms with Crippen LogP contribution in [-0.4, -0.2) is 25.1 Å². The molecule has 2 N–H and O–H groups in total. The zero-order valence-electron chi connectivity index (χ0n) is 11.5. The molecule has 0 bridgehead atoms. The lowest BCUT2D eigenvalue weighted by Gasteiger charge is -2.28. The van der Waals surface area contributed by atoms with Gasteiger partial charge < -0.3 is 15.2 Å². The number of benzene rings is 1. The fourth-order valence-electron chi connectivity index (χ4n) is 2.53. The normalized spacial score (nSPS) is 23.1. The van der Waals surface area contributed by atoms with E-state index in [1.54, 1.807) is 19.2 Å². The Balaban J connectivity index is 2.06. The van der Waals surface area contributed by atoms with Gasteiger partial charge in [0.15, 0.2) is 5.78 Å². The molecule has 0 spiro atoms. The third kappa shape index (κ3) is 3.47. The number of carbonyl (C=O) groups is 1. The predicted molar refractivity (Wildman–Crippen MR) is 74.5 cm³/mol. The Bertz CT molecular complexity index is 459. The molecule has 2 atom stereocenters. The van der Waals surface area contributed by atoms with E-state index in [1.807, 2.05) is 6.07 Å². The first-order valence-corrected chi connectivity index (χ1v) is 6.70. The minimum atomic E-state index is -0.0404. The lowest BCUT2D eigenvalue weighted by Crippen LogP contribution is -2.29. The van der Waals surface area contributed by atoms with Crippen LogP contribution in [0.3, 0.4) is 0 Å². The molecule has 1 aliphatic carbocycles. The topological polar surface area (TPSA) is 61.6 Å². The number of hydrogen-bond donors (Lipinski definition) is 1. The van der Waals surface area contributed by atoms with Crippen molar-refractivity contribution in [3.8, 4) is 5.75 Å². The fraction of sp³-hybridized carbons (Fsp3) is 0.533. The van der Waals surface area contributed by atoms with Crippen molar-refractivity contribution in [3.05, 3.63) is 23.8 Å². The molecule has 0 radical (unpaired) electrons. The first-order valence-electron chi connectivity index (χ1n) is 6.70. The van der Waals surface area contributed by atoms with Crippen molar-refractivity contribution in [2.75, 3.05) is 12.8 Å². The quantitative estimate of drug-likeness (QED) is 0.670. The lowest BCUT2D eigenvalue weighted by molar-refractivity contribution is 0.0209. The van der Waals surface area contributed by atoms with Crippen molar-refractivity contribution in [2.45, 2.75) is 44.8 Å². The van der Waals surface area contributed by atoms with Crippen LogP contribution in [0.15, 0.2) is 18.2 Å². The van der Waals surface area contributed by atoms with Gasteiger partial charge >= 0.3 is 0 Å². The molecule has 2 unspecified atom stereocenters. The highest BCUT2D eigenvalue weighted by Crippen LogP contribution is 2.27. The maximum atomic E-state index is 11.5. The predicted octanol–water partition coefficient (Wildman–Crippen LogP) is 2.81. The number of ether oxygens (including phenoxy) is 2. The highest BCUT2D eigenvalue weighted by Gasteiger charge is 2.23. The lowest BCUT2D eigenvalue weighted by atomic mass is 9.95. The van der Waals surface area contributed by atoms with Crippen LogP contribution in [0, 0.1) is 0 Å². The molecule has 1 aromatic rings. The summed E-state index contributed by atoms with van der Waals surface area (Å²) in [6, 6.07) is 5.27. The smallest absolute Gasteiger partial charge is 0.162 e. The van der Waals surface area contributed by atoms with Crippen LogP contribution in [0.5, 0.6) is 5.75 Å². The number of hydrogen-bond acceptors (Lipinski definition) is 4. The zero-order valence-corrected chi connectivity index (χ0v) is 11.5. The van der Waals surface area contributed by atoms with Gasteiger partial charge in [-0.1, -0.05) is 0 Å². The monoisotopic (exact) mass is 263 g/mol. The van der Waals surface area contributed by atoms with E-state index in [-0.39, 0.29) is 18.0 Å². The first kappa shape index (κ1) is 13.9. The van der Waals surface area contributed by atoms with Gasteiger partial charge in [0.2, 0.25) is 0 Å². The van der Waals surface area contributed by atoms with Crippen LogP contribution in [0.25, 0.3) is 0 Å². The zero-order chi connectivity index (χ0) is 13.8. The van der Waals surface area contributed by atoms with Gasteiger partial charge in [-0.3, -0.25) is 4.79 Å². The second-order valence-electron chi connectivity index (χ2n) is 5.07. The van der Waals surface area contributed by atoms with E-state index in [9.17, 15) is 4.79 Å². The van der Waals surface area contributed by atoms with Crippen molar-refractivity contribution in [1.82, 2.24) is 0 Å². The van der Waals surface area contributed by atoms with Gasteiger partial charge in [0, 0.05) is 24.8 Å². The van der Waals surface area contributed by atoms with E-state index in [4.69, 9.17) is 15.2 Å². The molecule has 4 nitrogen and oxygen atoms in total. The summed E-state index contributed by atoms with van der Waals surface area (Å²) in [6.45, 7) is 1.51. The number of carbonyl (C=O) groups excluding carboxylic acids is 1. The van der Waals surface area contributed by atoms with E-state index >= 15 is 0 Å². The van der Waals surface area contributed by atoms with Gasteiger partial charge in [-0.15, -0.1) is 0 Å². The summed E-state index contributed by atoms with van der Waals surface area (Å²) in [6.07, 6.45) is 4.56. The highest BCUT2D eigenvalue weighted by atomic mass is 16.5. The van der Waals surface area contributed by atoms with E-state index in [0.717, 1.165) is 25.7 Å². The average molecular weight is 263 g/mol. The molecule has 1 aromatic carbocycles. The maximum absolute atomic E-state index is 11.5. The molecular formula is C15H21NO3. The Morgan fingerprint density at radius 3 is 2.74 bits per heavy atom. The molecule has 1 fully saturated rings. The second-order valence-corrected chi connectivity index (χ2v) is 5.07.